The molecular formula is C18H16ClN9O. The fourth-order valence-corrected chi connectivity index (χ4v) is 2.94. The van der Waals surface area contributed by atoms with Crippen molar-refractivity contribution in [3.05, 3.63) is 58.9 Å². The lowest BCUT2D eigenvalue weighted by atomic mass is 10.1. The monoisotopic (exact) mass is 409 g/mol. The number of halogens is 1. The van der Waals surface area contributed by atoms with Crippen LogP contribution in [0.2, 0.25) is 5.02 Å². The largest absolute Gasteiger partial charge is 0.324 e. The average Bonchev–Trinajstić information content (AvgIpc) is 3.37. The van der Waals surface area contributed by atoms with E-state index in [9.17, 15) is 4.79 Å². The van der Waals surface area contributed by atoms with Crippen LogP contribution in [0.5, 0.6) is 0 Å². The van der Waals surface area contributed by atoms with E-state index < -0.39 is 0 Å². The van der Waals surface area contributed by atoms with Gasteiger partial charge in [-0.2, -0.15) is 9.48 Å². The molecule has 29 heavy (non-hydrogen) atoms. The fraction of sp³-hybridized carbons (Fsp3) is 0.167. The number of hydrogen-bond donors (Lipinski definition) is 1. The van der Waals surface area contributed by atoms with Gasteiger partial charge < -0.3 is 5.32 Å². The van der Waals surface area contributed by atoms with Crippen LogP contribution >= 0.6 is 11.6 Å². The molecule has 0 fully saturated rings. The number of rotatable bonds is 5. The van der Waals surface area contributed by atoms with Crippen molar-refractivity contribution in [1.29, 1.82) is 0 Å². The summed E-state index contributed by atoms with van der Waals surface area (Å²) in [5, 5.41) is 26.9. The van der Waals surface area contributed by atoms with E-state index in [2.05, 4.69) is 36.3 Å². The third kappa shape index (κ3) is 3.97. The van der Waals surface area contributed by atoms with Crippen molar-refractivity contribution in [2.45, 2.75) is 20.4 Å². The minimum Gasteiger partial charge on any atom is -0.324 e. The summed E-state index contributed by atoms with van der Waals surface area (Å²) < 4.78 is 1.45. The summed E-state index contributed by atoms with van der Waals surface area (Å²) in [5.41, 5.74) is 4.10. The molecular weight excluding hydrogens is 394 g/mol. The van der Waals surface area contributed by atoms with E-state index in [4.69, 9.17) is 11.6 Å². The number of aryl methyl sites for hydroxylation is 1. The summed E-state index contributed by atoms with van der Waals surface area (Å²) in [6.45, 7) is 3.87. The molecule has 146 valence electrons. The van der Waals surface area contributed by atoms with E-state index >= 15 is 0 Å². The molecule has 0 atom stereocenters. The Kier molecular flexibility index (Phi) is 5.00. The lowest BCUT2D eigenvalue weighted by Crippen LogP contribution is -2.21. The molecule has 0 bridgehead atoms. The summed E-state index contributed by atoms with van der Waals surface area (Å²) in [6, 6.07) is 10.9. The molecule has 11 heteroatoms. The Hall–Kier alpha value is -3.66. The molecule has 0 aliphatic carbocycles. The summed E-state index contributed by atoms with van der Waals surface area (Å²) >= 11 is 6.10. The number of carbonyl (C=O) groups is 1. The zero-order valence-corrected chi connectivity index (χ0v) is 16.4. The molecule has 0 unspecified atom stereocenters. The molecule has 0 aliphatic heterocycles. The molecule has 4 rings (SSSR count). The Morgan fingerprint density at radius 3 is 2.83 bits per heavy atom. The van der Waals surface area contributed by atoms with Crippen LogP contribution in [0.4, 0.5) is 5.69 Å². The SMILES string of the molecule is Cc1cccc(NC(=O)Cn2nnc(-c3ccc(Cl)cc3-n3cnnn3)n2)c1C. The average molecular weight is 410 g/mol. The summed E-state index contributed by atoms with van der Waals surface area (Å²) in [4.78, 5) is 13.6. The summed E-state index contributed by atoms with van der Waals surface area (Å²) in [7, 11) is 0. The predicted octanol–water partition coefficient (Wildman–Crippen LogP) is 2.22. The zero-order valence-electron chi connectivity index (χ0n) is 15.6. The predicted molar refractivity (Wildman–Crippen MR) is 106 cm³/mol. The van der Waals surface area contributed by atoms with Crippen molar-refractivity contribution in [2.75, 3.05) is 5.32 Å². The Bertz CT molecular complexity index is 1170. The summed E-state index contributed by atoms with van der Waals surface area (Å²) in [5.74, 6) is 0.0751. The van der Waals surface area contributed by atoms with Gasteiger partial charge in [0.2, 0.25) is 11.7 Å². The van der Waals surface area contributed by atoms with Gasteiger partial charge in [-0.3, -0.25) is 4.79 Å². The number of amides is 1. The van der Waals surface area contributed by atoms with E-state index in [1.165, 1.54) is 15.8 Å². The van der Waals surface area contributed by atoms with Crippen molar-refractivity contribution in [3.63, 3.8) is 0 Å². The lowest BCUT2D eigenvalue weighted by Gasteiger charge is -2.09. The van der Waals surface area contributed by atoms with Crippen LogP contribution < -0.4 is 5.32 Å². The zero-order chi connectivity index (χ0) is 20.4. The van der Waals surface area contributed by atoms with Crippen molar-refractivity contribution in [1.82, 2.24) is 40.4 Å². The van der Waals surface area contributed by atoms with Gasteiger partial charge in [0.15, 0.2) is 0 Å². The topological polar surface area (TPSA) is 116 Å². The first-order chi connectivity index (χ1) is 14.0. The molecule has 10 nitrogen and oxygen atoms in total. The van der Waals surface area contributed by atoms with Crippen LogP contribution in [0.1, 0.15) is 11.1 Å². The van der Waals surface area contributed by atoms with Gasteiger partial charge in [-0.15, -0.1) is 15.3 Å². The van der Waals surface area contributed by atoms with Crippen molar-refractivity contribution >= 4 is 23.2 Å². The highest BCUT2D eigenvalue weighted by molar-refractivity contribution is 6.30. The third-order valence-electron chi connectivity index (χ3n) is 4.41. The second-order valence-electron chi connectivity index (χ2n) is 6.35. The van der Waals surface area contributed by atoms with Gasteiger partial charge in [-0.1, -0.05) is 23.7 Å². The molecule has 4 aromatic rings. The maximum Gasteiger partial charge on any atom is 0.248 e. The van der Waals surface area contributed by atoms with Gasteiger partial charge >= 0.3 is 0 Å². The van der Waals surface area contributed by atoms with E-state index in [0.717, 1.165) is 16.8 Å². The fourth-order valence-electron chi connectivity index (χ4n) is 2.78. The Balaban J connectivity index is 1.55. The van der Waals surface area contributed by atoms with Gasteiger partial charge in [0, 0.05) is 16.3 Å². The molecule has 0 aliphatic rings. The second kappa shape index (κ2) is 7.76. The third-order valence-corrected chi connectivity index (χ3v) is 4.65. The van der Waals surface area contributed by atoms with Crippen LogP contribution in [0.3, 0.4) is 0 Å². The highest BCUT2D eigenvalue weighted by atomic mass is 35.5. The maximum atomic E-state index is 12.4. The van der Waals surface area contributed by atoms with Crippen molar-refractivity contribution in [3.8, 4) is 17.1 Å². The number of anilines is 1. The van der Waals surface area contributed by atoms with Crippen LogP contribution in [0.15, 0.2) is 42.7 Å². The number of nitrogens with zero attached hydrogens (tertiary/aromatic N) is 8. The number of aromatic nitrogens is 8. The molecule has 1 N–H and O–H groups in total. The summed E-state index contributed by atoms with van der Waals surface area (Å²) in [6.07, 6.45) is 1.44. The minimum atomic E-state index is -0.251. The van der Waals surface area contributed by atoms with Gasteiger partial charge in [0.05, 0.1) is 5.69 Å². The highest BCUT2D eigenvalue weighted by Gasteiger charge is 2.15. The van der Waals surface area contributed by atoms with Crippen LogP contribution in [-0.2, 0) is 11.3 Å². The van der Waals surface area contributed by atoms with Gasteiger partial charge in [0.1, 0.15) is 12.9 Å². The van der Waals surface area contributed by atoms with Crippen LogP contribution in [-0.4, -0.2) is 46.3 Å². The number of hydrogen-bond acceptors (Lipinski definition) is 7. The van der Waals surface area contributed by atoms with Gasteiger partial charge in [-0.05, 0) is 64.9 Å². The van der Waals surface area contributed by atoms with Gasteiger partial charge in [-0.25, -0.2) is 0 Å². The highest BCUT2D eigenvalue weighted by Crippen LogP contribution is 2.26. The Labute approximate surface area is 170 Å². The lowest BCUT2D eigenvalue weighted by molar-refractivity contribution is -0.117. The molecule has 0 radical (unpaired) electrons. The number of benzene rings is 2. The molecule has 1 amide bonds. The first-order valence-corrected chi connectivity index (χ1v) is 9.06. The first-order valence-electron chi connectivity index (χ1n) is 8.68. The Morgan fingerprint density at radius 1 is 1.17 bits per heavy atom. The van der Waals surface area contributed by atoms with E-state index in [1.807, 2.05) is 32.0 Å². The smallest absolute Gasteiger partial charge is 0.248 e. The van der Waals surface area contributed by atoms with E-state index in [1.54, 1.807) is 18.2 Å². The normalized spacial score (nSPS) is 10.9. The standard InChI is InChI=1S/C18H16ClN9O/c1-11-4-3-5-15(12(11)2)21-17(29)9-28-23-18(22-25-28)14-7-6-13(19)8-16(14)27-10-20-24-26-27/h3-8,10H,9H2,1-2H3,(H,21,29). The number of tetrazole rings is 2. The molecule has 2 heterocycles. The number of carbonyl (C=O) groups excluding carboxylic acids is 1. The molecule has 2 aromatic heterocycles. The molecule has 2 aromatic carbocycles. The maximum absolute atomic E-state index is 12.4. The van der Waals surface area contributed by atoms with E-state index in [0.29, 0.717) is 22.1 Å². The van der Waals surface area contributed by atoms with Crippen LogP contribution in [0, 0.1) is 13.8 Å². The van der Waals surface area contributed by atoms with Gasteiger partial charge in [0.25, 0.3) is 0 Å². The van der Waals surface area contributed by atoms with E-state index in [-0.39, 0.29) is 12.5 Å². The van der Waals surface area contributed by atoms with Crippen molar-refractivity contribution < 1.29 is 4.79 Å². The molecule has 0 spiro atoms. The molecule has 0 saturated carbocycles. The number of nitrogens with one attached hydrogen (secondary N) is 1. The Morgan fingerprint density at radius 2 is 2.03 bits per heavy atom. The minimum absolute atomic E-state index is 0.0752. The second-order valence-corrected chi connectivity index (χ2v) is 6.79. The van der Waals surface area contributed by atoms with Crippen LogP contribution in [0.25, 0.3) is 17.1 Å². The van der Waals surface area contributed by atoms with Crippen molar-refractivity contribution in [2.24, 2.45) is 0 Å². The first kappa shape index (κ1) is 18.7. The quantitative estimate of drug-likeness (QED) is 0.537. The molecule has 0 saturated heterocycles.